The van der Waals surface area contributed by atoms with Gasteiger partial charge < -0.3 is 9.73 Å². The Balaban J connectivity index is 2.12. The van der Waals surface area contributed by atoms with Crippen LogP contribution in [0, 0.1) is 5.82 Å². The van der Waals surface area contributed by atoms with E-state index in [0.29, 0.717) is 19.1 Å². The second kappa shape index (κ2) is 6.26. The number of rotatable bonds is 5. The van der Waals surface area contributed by atoms with E-state index < -0.39 is 0 Å². The summed E-state index contributed by atoms with van der Waals surface area (Å²) >= 11 is 0. The van der Waals surface area contributed by atoms with Crippen molar-refractivity contribution in [2.45, 2.75) is 39.8 Å². The Bertz CT molecular complexity index is 572. The van der Waals surface area contributed by atoms with Crippen molar-refractivity contribution in [1.82, 2.24) is 10.3 Å². The van der Waals surface area contributed by atoms with Gasteiger partial charge >= 0.3 is 6.01 Å². The first kappa shape index (κ1) is 15.5. The number of halogens is 1. The predicted octanol–water partition coefficient (Wildman–Crippen LogP) is 3.86. The lowest BCUT2D eigenvalue weighted by Gasteiger charge is -2.19. The molecule has 0 saturated heterocycles. The predicted molar refractivity (Wildman–Crippen MR) is 82.2 cm³/mol. The van der Waals surface area contributed by atoms with Crippen molar-refractivity contribution in [2.75, 3.05) is 11.4 Å². The van der Waals surface area contributed by atoms with Crippen molar-refractivity contribution < 1.29 is 8.81 Å². The number of aromatic nitrogens is 1. The minimum Gasteiger partial charge on any atom is -0.431 e. The molecule has 0 aliphatic rings. The minimum absolute atomic E-state index is 0.0283. The highest BCUT2D eigenvalue weighted by Crippen LogP contribution is 2.24. The molecule has 0 aliphatic heterocycles. The van der Waals surface area contributed by atoms with Crippen LogP contribution in [0.4, 0.5) is 16.1 Å². The highest BCUT2D eigenvalue weighted by atomic mass is 19.1. The number of oxazole rings is 1. The first-order valence-electron chi connectivity index (χ1n) is 7.11. The third kappa shape index (κ3) is 4.29. The lowest BCUT2D eigenvalue weighted by atomic mass is 10.1. The third-order valence-corrected chi connectivity index (χ3v) is 3.02. The summed E-state index contributed by atoms with van der Waals surface area (Å²) < 4.78 is 18.6. The zero-order chi connectivity index (χ0) is 15.5. The molecule has 5 heteroatoms. The molecular weight excluding hydrogens is 269 g/mol. The Morgan fingerprint density at radius 2 is 1.90 bits per heavy atom. The number of anilines is 2. The molecule has 1 N–H and O–H groups in total. The van der Waals surface area contributed by atoms with Crippen LogP contribution in [0.15, 0.2) is 34.9 Å². The molecule has 0 unspecified atom stereocenters. The summed E-state index contributed by atoms with van der Waals surface area (Å²) in [6.45, 7) is 9.65. The van der Waals surface area contributed by atoms with E-state index >= 15 is 0 Å². The fraction of sp³-hybridized carbons (Fsp3) is 0.438. The summed E-state index contributed by atoms with van der Waals surface area (Å²) in [6.07, 6.45) is 1.65. The molecule has 0 bridgehead atoms. The summed E-state index contributed by atoms with van der Waals surface area (Å²) in [4.78, 5) is 6.39. The third-order valence-electron chi connectivity index (χ3n) is 3.02. The summed E-state index contributed by atoms with van der Waals surface area (Å²) in [5, 5.41) is 3.37. The molecule has 1 aromatic carbocycles. The quantitative estimate of drug-likeness (QED) is 0.908. The maximum absolute atomic E-state index is 13.0. The summed E-state index contributed by atoms with van der Waals surface area (Å²) in [5.74, 6) is -0.253. The van der Waals surface area contributed by atoms with Gasteiger partial charge in [0.1, 0.15) is 12.1 Å². The van der Waals surface area contributed by atoms with Crippen molar-refractivity contribution in [3.05, 3.63) is 42.0 Å². The van der Waals surface area contributed by atoms with Gasteiger partial charge in [-0.25, -0.2) is 4.39 Å². The average Bonchev–Trinajstić information content (AvgIpc) is 2.87. The van der Waals surface area contributed by atoms with Crippen LogP contribution < -0.4 is 10.2 Å². The monoisotopic (exact) mass is 291 g/mol. The van der Waals surface area contributed by atoms with Crippen molar-refractivity contribution >= 4 is 11.7 Å². The molecule has 114 valence electrons. The Morgan fingerprint density at radius 1 is 1.24 bits per heavy atom. The first-order chi connectivity index (χ1) is 9.89. The van der Waals surface area contributed by atoms with Gasteiger partial charge in [0.2, 0.25) is 0 Å². The average molecular weight is 291 g/mol. The van der Waals surface area contributed by atoms with E-state index in [1.165, 1.54) is 12.1 Å². The van der Waals surface area contributed by atoms with Gasteiger partial charge in [-0.1, -0.05) is 0 Å². The zero-order valence-electron chi connectivity index (χ0n) is 13.0. The fourth-order valence-corrected chi connectivity index (χ4v) is 1.91. The molecule has 0 fully saturated rings. The number of hydrogen-bond acceptors (Lipinski definition) is 4. The molecule has 0 aliphatic carbocycles. The molecule has 1 aromatic heterocycles. The van der Waals surface area contributed by atoms with Crippen LogP contribution in [0.25, 0.3) is 0 Å². The van der Waals surface area contributed by atoms with Gasteiger partial charge in [0.25, 0.3) is 0 Å². The van der Waals surface area contributed by atoms with E-state index in [1.807, 2.05) is 11.8 Å². The van der Waals surface area contributed by atoms with Gasteiger partial charge in [0, 0.05) is 24.3 Å². The molecule has 2 aromatic rings. The van der Waals surface area contributed by atoms with Crippen LogP contribution in [0.1, 0.15) is 33.4 Å². The summed E-state index contributed by atoms with van der Waals surface area (Å²) in [7, 11) is 0. The van der Waals surface area contributed by atoms with Gasteiger partial charge in [-0.2, -0.15) is 4.98 Å². The molecule has 0 saturated carbocycles. The molecule has 1 heterocycles. The van der Waals surface area contributed by atoms with Crippen molar-refractivity contribution in [1.29, 1.82) is 0 Å². The number of benzene rings is 1. The van der Waals surface area contributed by atoms with Crippen LogP contribution >= 0.6 is 0 Å². The highest BCUT2D eigenvalue weighted by molar-refractivity contribution is 5.55. The largest absolute Gasteiger partial charge is 0.431 e. The summed E-state index contributed by atoms with van der Waals surface area (Å²) in [6, 6.07) is 6.83. The lowest BCUT2D eigenvalue weighted by Crippen LogP contribution is -2.35. The Hall–Kier alpha value is -1.88. The van der Waals surface area contributed by atoms with Crippen LogP contribution in [0.5, 0.6) is 0 Å². The molecule has 2 rings (SSSR count). The van der Waals surface area contributed by atoms with Crippen LogP contribution in [-0.4, -0.2) is 17.1 Å². The van der Waals surface area contributed by atoms with E-state index in [1.54, 1.807) is 18.4 Å². The second-order valence-electron chi connectivity index (χ2n) is 5.95. The van der Waals surface area contributed by atoms with Crippen molar-refractivity contribution in [2.24, 2.45) is 0 Å². The molecule has 0 amide bonds. The van der Waals surface area contributed by atoms with Gasteiger partial charge in [-0.3, -0.25) is 4.90 Å². The molecule has 4 nitrogen and oxygen atoms in total. The maximum Gasteiger partial charge on any atom is 0.302 e. The van der Waals surface area contributed by atoms with E-state index in [2.05, 4.69) is 31.1 Å². The van der Waals surface area contributed by atoms with Gasteiger partial charge in [-0.15, -0.1) is 0 Å². The number of nitrogens with zero attached hydrogens (tertiary/aromatic N) is 2. The normalized spacial score (nSPS) is 11.7. The van der Waals surface area contributed by atoms with Gasteiger partial charge in [0.15, 0.2) is 0 Å². The van der Waals surface area contributed by atoms with Crippen LogP contribution in [0.2, 0.25) is 0 Å². The van der Waals surface area contributed by atoms with Gasteiger partial charge in [0.05, 0.1) is 5.69 Å². The topological polar surface area (TPSA) is 41.3 Å². The van der Waals surface area contributed by atoms with E-state index in [0.717, 1.165) is 11.4 Å². The molecule has 21 heavy (non-hydrogen) atoms. The fourth-order valence-electron chi connectivity index (χ4n) is 1.91. The lowest BCUT2D eigenvalue weighted by molar-refractivity contribution is 0.421. The number of hydrogen-bond donors (Lipinski definition) is 1. The van der Waals surface area contributed by atoms with E-state index in [4.69, 9.17) is 4.42 Å². The van der Waals surface area contributed by atoms with Gasteiger partial charge in [-0.05, 0) is 52.0 Å². The smallest absolute Gasteiger partial charge is 0.302 e. The molecule has 0 atom stereocenters. The Labute approximate surface area is 125 Å². The maximum atomic E-state index is 13.0. The van der Waals surface area contributed by atoms with Crippen LogP contribution in [0.3, 0.4) is 0 Å². The Kier molecular flexibility index (Phi) is 4.63. The SMILES string of the molecule is CCN(c1ccc(F)cc1)c1nc(CNC(C)(C)C)co1. The molecular formula is C16H22FN3O. The molecule has 0 radical (unpaired) electrons. The zero-order valence-corrected chi connectivity index (χ0v) is 13.0. The van der Waals surface area contributed by atoms with E-state index in [9.17, 15) is 4.39 Å². The van der Waals surface area contributed by atoms with Crippen molar-refractivity contribution in [3.8, 4) is 0 Å². The second-order valence-corrected chi connectivity index (χ2v) is 5.95. The first-order valence-corrected chi connectivity index (χ1v) is 7.11. The number of nitrogens with one attached hydrogen (secondary N) is 1. The minimum atomic E-state index is -0.253. The summed E-state index contributed by atoms with van der Waals surface area (Å²) in [5.41, 5.74) is 1.73. The molecule has 0 spiro atoms. The van der Waals surface area contributed by atoms with E-state index in [-0.39, 0.29) is 11.4 Å². The standard InChI is InChI=1S/C16H22FN3O/c1-5-20(14-8-6-12(17)7-9-14)15-19-13(11-21-15)10-18-16(2,3)4/h6-9,11,18H,5,10H2,1-4H3. The van der Waals surface area contributed by atoms with Crippen LogP contribution in [-0.2, 0) is 6.54 Å². The Morgan fingerprint density at radius 3 is 2.48 bits per heavy atom. The van der Waals surface area contributed by atoms with Crippen molar-refractivity contribution in [3.63, 3.8) is 0 Å². The highest BCUT2D eigenvalue weighted by Gasteiger charge is 2.15.